The second kappa shape index (κ2) is 13.3. The van der Waals surface area contributed by atoms with Crippen molar-refractivity contribution in [3.8, 4) is 22.9 Å². The van der Waals surface area contributed by atoms with Gasteiger partial charge in [-0.15, -0.1) is 0 Å². The molecule has 0 unspecified atom stereocenters. The van der Waals surface area contributed by atoms with Crippen LogP contribution >= 0.6 is 0 Å². The summed E-state index contributed by atoms with van der Waals surface area (Å²) in [4.78, 5) is 40.1. The van der Waals surface area contributed by atoms with Crippen LogP contribution in [-0.4, -0.2) is 62.6 Å². The molecule has 1 aliphatic rings. The summed E-state index contributed by atoms with van der Waals surface area (Å²) in [5.74, 6) is 0.223. The van der Waals surface area contributed by atoms with Gasteiger partial charge in [0.05, 0.1) is 11.3 Å². The lowest BCUT2D eigenvalue weighted by Crippen LogP contribution is -2.47. The Kier molecular flexibility index (Phi) is 9.45. The first-order chi connectivity index (χ1) is 21.8. The van der Waals surface area contributed by atoms with Crippen molar-refractivity contribution >= 4 is 28.6 Å². The van der Waals surface area contributed by atoms with Crippen LogP contribution in [0.5, 0.6) is 11.6 Å². The molecule has 12 heteroatoms. The number of halogens is 3. The van der Waals surface area contributed by atoms with E-state index in [1.54, 1.807) is 59.8 Å². The first-order valence-electron chi connectivity index (χ1n) is 15.1. The number of anilines is 1. The van der Waals surface area contributed by atoms with E-state index in [2.05, 4.69) is 15.3 Å². The number of carbonyl (C=O) groups excluding carboxylic acids is 2. The Balaban J connectivity index is 1.38. The molecule has 1 amide bonds. The molecule has 2 aromatic heterocycles. The fourth-order valence-electron chi connectivity index (χ4n) is 5.40. The Hall–Kier alpha value is -4.74. The highest BCUT2D eigenvalue weighted by atomic mass is 19.4. The number of likely N-dealkylation sites (tertiary alicyclic amines) is 1. The summed E-state index contributed by atoms with van der Waals surface area (Å²) >= 11 is 0. The van der Waals surface area contributed by atoms with Crippen molar-refractivity contribution in [2.45, 2.75) is 71.2 Å². The zero-order valence-corrected chi connectivity index (χ0v) is 26.1. The van der Waals surface area contributed by atoms with E-state index in [1.807, 2.05) is 33.8 Å². The number of piperidine rings is 1. The highest BCUT2D eigenvalue weighted by molar-refractivity contribution is 5.95. The molecule has 0 bridgehead atoms. The van der Waals surface area contributed by atoms with Gasteiger partial charge in [0.15, 0.2) is 0 Å². The number of pyridine rings is 1. The predicted octanol–water partition coefficient (Wildman–Crippen LogP) is 7.67. The molecule has 46 heavy (non-hydrogen) atoms. The van der Waals surface area contributed by atoms with Crippen LogP contribution in [0.15, 0.2) is 60.9 Å². The zero-order valence-electron chi connectivity index (χ0n) is 26.1. The molecule has 0 aliphatic carbocycles. The van der Waals surface area contributed by atoms with Crippen molar-refractivity contribution in [3.05, 3.63) is 72.1 Å². The number of rotatable bonds is 8. The molecule has 3 heterocycles. The molecule has 9 nitrogen and oxygen atoms in total. The van der Waals surface area contributed by atoms with Crippen molar-refractivity contribution in [1.29, 1.82) is 0 Å². The van der Waals surface area contributed by atoms with Crippen LogP contribution in [0.25, 0.3) is 22.0 Å². The molecule has 1 atom stereocenters. The maximum atomic E-state index is 12.8. The number of nitrogens with zero attached hydrogens (tertiary/aromatic N) is 4. The zero-order chi connectivity index (χ0) is 33.1. The highest BCUT2D eigenvalue weighted by Crippen LogP contribution is 2.38. The number of hydrogen-bond donors (Lipinski definition) is 1. The Morgan fingerprint density at radius 1 is 1.00 bits per heavy atom. The van der Waals surface area contributed by atoms with E-state index in [0.717, 1.165) is 18.4 Å². The topological polar surface area (TPSA) is 107 Å². The van der Waals surface area contributed by atoms with Gasteiger partial charge in [0, 0.05) is 43.3 Å². The molecule has 242 valence electrons. The van der Waals surface area contributed by atoms with Crippen molar-refractivity contribution in [3.63, 3.8) is 0 Å². The van der Waals surface area contributed by atoms with Crippen molar-refractivity contribution in [1.82, 2.24) is 19.9 Å². The van der Waals surface area contributed by atoms with Gasteiger partial charge in [0.2, 0.25) is 11.8 Å². The van der Waals surface area contributed by atoms with E-state index in [0.29, 0.717) is 52.4 Å². The summed E-state index contributed by atoms with van der Waals surface area (Å²) in [6.45, 7) is 8.44. The van der Waals surface area contributed by atoms with Gasteiger partial charge in [0.1, 0.15) is 23.6 Å². The third-order valence-electron chi connectivity index (χ3n) is 7.39. The number of fused-ring (bicyclic) bond motifs is 1. The summed E-state index contributed by atoms with van der Waals surface area (Å²) in [5, 5.41) is 4.61. The average molecular weight is 636 g/mol. The normalized spacial score (nSPS) is 15.5. The summed E-state index contributed by atoms with van der Waals surface area (Å²) in [6, 6.07) is 14.0. The van der Waals surface area contributed by atoms with Gasteiger partial charge in [-0.3, -0.25) is 4.79 Å². The van der Waals surface area contributed by atoms with E-state index in [9.17, 15) is 22.8 Å². The minimum atomic E-state index is -4.56. The largest absolute Gasteiger partial charge is 0.444 e. The highest BCUT2D eigenvalue weighted by Gasteiger charge is 2.31. The van der Waals surface area contributed by atoms with Crippen molar-refractivity contribution in [2.24, 2.45) is 0 Å². The number of Topliss-reactive ketones (excluding diaryl/α,β-unsaturated/α-hetero) is 1. The van der Waals surface area contributed by atoms with Crippen molar-refractivity contribution in [2.75, 3.05) is 18.4 Å². The second-order valence-corrected chi connectivity index (χ2v) is 12.4. The molecule has 4 aromatic rings. The monoisotopic (exact) mass is 635 g/mol. The lowest BCUT2D eigenvalue weighted by molar-refractivity contribution is -0.151. The van der Waals surface area contributed by atoms with Crippen LogP contribution < -0.4 is 10.1 Å². The Morgan fingerprint density at radius 3 is 2.57 bits per heavy atom. The molecule has 0 radical (unpaired) electrons. The van der Waals surface area contributed by atoms with Gasteiger partial charge in [-0.25, -0.2) is 19.7 Å². The summed E-state index contributed by atoms with van der Waals surface area (Å²) in [5.41, 5.74) is 1.83. The van der Waals surface area contributed by atoms with E-state index in [4.69, 9.17) is 14.5 Å². The minimum absolute atomic E-state index is 0.0725. The third-order valence-corrected chi connectivity index (χ3v) is 7.39. The fraction of sp³-hybridized carbons (Fsp3) is 0.382. The summed E-state index contributed by atoms with van der Waals surface area (Å²) in [6.07, 6.45) is -1.88. The van der Waals surface area contributed by atoms with Gasteiger partial charge in [0.25, 0.3) is 0 Å². The quantitative estimate of drug-likeness (QED) is 0.210. The average Bonchev–Trinajstić information content (AvgIpc) is 2.97. The molecule has 2 aromatic carbocycles. The van der Waals surface area contributed by atoms with Crippen LogP contribution in [0.2, 0.25) is 0 Å². The molecule has 1 fully saturated rings. The number of benzene rings is 2. The van der Waals surface area contributed by atoms with Gasteiger partial charge >= 0.3 is 12.3 Å². The van der Waals surface area contributed by atoms with Crippen LogP contribution in [0.1, 0.15) is 51.2 Å². The first-order valence-corrected chi connectivity index (χ1v) is 15.1. The lowest BCUT2D eigenvalue weighted by atomic mass is 9.97. The first kappa shape index (κ1) is 32.6. The summed E-state index contributed by atoms with van der Waals surface area (Å²) < 4.78 is 50.4. The van der Waals surface area contributed by atoms with Crippen LogP contribution in [0.3, 0.4) is 0 Å². The number of nitrogens with one attached hydrogen (secondary N) is 1. The number of ketones is 1. The maximum absolute atomic E-state index is 12.8. The molecule has 1 N–H and O–H groups in total. The number of amides is 1. The Bertz CT molecular complexity index is 1740. The second-order valence-electron chi connectivity index (χ2n) is 12.4. The molecule has 5 rings (SSSR count). The molecular weight excluding hydrogens is 599 g/mol. The third kappa shape index (κ3) is 8.29. The van der Waals surface area contributed by atoms with Gasteiger partial charge < -0.3 is 19.7 Å². The Morgan fingerprint density at radius 2 is 1.80 bits per heavy atom. The summed E-state index contributed by atoms with van der Waals surface area (Å²) in [7, 11) is 0. The molecule has 0 saturated carbocycles. The van der Waals surface area contributed by atoms with Gasteiger partial charge in [-0.1, -0.05) is 30.3 Å². The number of ether oxygens (including phenoxy) is 2. The number of alkyl halides is 3. The smallest absolute Gasteiger partial charge is 0.410 e. The Labute approximate surface area is 265 Å². The van der Waals surface area contributed by atoms with E-state index in [-0.39, 0.29) is 24.4 Å². The SMILES string of the molecule is Cc1ccc2c(CC(=O)CC(F)(F)F)cccc2c1Oc1ncccc1-c1ccnc(N[C@H]2CCCN(C(=O)OC(C)(C)C)C2)n1. The minimum Gasteiger partial charge on any atom is -0.444 e. The predicted molar refractivity (Wildman–Crippen MR) is 168 cm³/mol. The molecule has 1 aliphatic heterocycles. The molecule has 0 spiro atoms. The maximum Gasteiger partial charge on any atom is 0.410 e. The van der Waals surface area contributed by atoms with E-state index < -0.39 is 24.0 Å². The van der Waals surface area contributed by atoms with Gasteiger partial charge in [-0.05, 0) is 75.2 Å². The molecular formula is C34H36F3N5O4. The van der Waals surface area contributed by atoms with Crippen molar-refractivity contribution < 1.29 is 32.2 Å². The van der Waals surface area contributed by atoms with Gasteiger partial charge in [-0.2, -0.15) is 13.2 Å². The molecule has 1 saturated heterocycles. The number of hydrogen-bond acceptors (Lipinski definition) is 8. The van der Waals surface area contributed by atoms with E-state index >= 15 is 0 Å². The standard InChI is InChI=1S/C34H36F3N5O4/c1-21-12-13-25-22(18-24(43)19-34(35,36)37)8-5-10-26(25)29(21)45-30-27(11-6-15-38-30)28-14-16-39-31(41-28)40-23-9-7-17-42(20-23)32(44)46-33(2,3)4/h5-6,8,10-16,23H,7,9,17-20H2,1-4H3,(H,39,40,41)/t23-/m0/s1. The number of aryl methyl sites for hydroxylation is 1. The fourth-order valence-corrected chi connectivity index (χ4v) is 5.40. The number of aromatic nitrogens is 3. The number of carbonyl (C=O) groups is 2. The van der Waals surface area contributed by atoms with Crippen LogP contribution in [0.4, 0.5) is 23.9 Å². The van der Waals surface area contributed by atoms with Crippen LogP contribution in [-0.2, 0) is 16.0 Å². The lowest BCUT2D eigenvalue weighted by Gasteiger charge is -2.34. The van der Waals surface area contributed by atoms with E-state index in [1.165, 1.54) is 0 Å². The van der Waals surface area contributed by atoms with Crippen LogP contribution in [0, 0.1) is 6.92 Å².